The topological polar surface area (TPSA) is 115 Å². The Morgan fingerprint density at radius 2 is 1.89 bits per heavy atom. The van der Waals surface area contributed by atoms with Crippen LogP contribution in [0.4, 0.5) is 5.82 Å². The molecule has 1 aliphatic carbocycles. The Labute approximate surface area is 211 Å². The third-order valence-corrected chi connectivity index (χ3v) is 8.51. The zero-order valence-corrected chi connectivity index (χ0v) is 21.6. The molecule has 8 nitrogen and oxygen atoms in total. The van der Waals surface area contributed by atoms with Gasteiger partial charge in [0.25, 0.3) is 0 Å². The Morgan fingerprint density at radius 3 is 2.50 bits per heavy atom. The number of sulfone groups is 1. The number of hydrogen-bond donors (Lipinski definition) is 1. The number of ketones is 1. The van der Waals surface area contributed by atoms with Crippen LogP contribution in [0.15, 0.2) is 53.6 Å². The number of methoxy groups -OCH3 is 1. The zero-order valence-electron chi connectivity index (χ0n) is 20.8. The molecule has 0 saturated heterocycles. The van der Waals surface area contributed by atoms with Crippen molar-refractivity contribution >= 4 is 27.3 Å². The van der Waals surface area contributed by atoms with Crippen LogP contribution in [-0.2, 0) is 32.9 Å². The molecule has 1 amide bonds. The van der Waals surface area contributed by atoms with Crippen LogP contribution in [0.1, 0.15) is 53.0 Å². The monoisotopic (exact) mass is 507 g/mol. The van der Waals surface area contributed by atoms with Crippen molar-refractivity contribution in [2.24, 2.45) is 0 Å². The predicted octanol–water partition coefficient (Wildman–Crippen LogP) is 3.86. The fraction of sp³-hybridized carbons (Fsp3) is 0.333. The molecule has 9 heteroatoms. The SMILES string of the molecule is CCS(=O)(=O)c1ccc(CC(=O)Nc2cc(C)c3c(n2)CCC(C)(c2ccc(OC)nc2)C3=O)cc1. The summed E-state index contributed by atoms with van der Waals surface area (Å²) in [4.78, 5) is 35.3. The number of rotatable bonds is 7. The lowest BCUT2D eigenvalue weighted by Crippen LogP contribution is -2.38. The average Bonchev–Trinajstić information content (AvgIpc) is 2.86. The highest BCUT2D eigenvalue weighted by atomic mass is 32.2. The highest BCUT2D eigenvalue weighted by molar-refractivity contribution is 7.91. The molecular formula is C27H29N3O5S. The summed E-state index contributed by atoms with van der Waals surface area (Å²) in [7, 11) is -1.74. The van der Waals surface area contributed by atoms with Gasteiger partial charge < -0.3 is 10.1 Å². The lowest BCUT2D eigenvalue weighted by molar-refractivity contribution is -0.115. The van der Waals surface area contributed by atoms with E-state index in [1.165, 1.54) is 12.1 Å². The van der Waals surface area contributed by atoms with Crippen LogP contribution in [0.3, 0.4) is 0 Å². The molecule has 0 spiro atoms. The third-order valence-electron chi connectivity index (χ3n) is 6.76. The fourth-order valence-corrected chi connectivity index (χ4v) is 5.39. The van der Waals surface area contributed by atoms with E-state index in [2.05, 4.69) is 15.3 Å². The first kappa shape index (κ1) is 25.5. The van der Waals surface area contributed by atoms with Crippen molar-refractivity contribution in [2.75, 3.05) is 18.2 Å². The van der Waals surface area contributed by atoms with Crippen LogP contribution >= 0.6 is 0 Å². The Balaban J connectivity index is 1.50. The van der Waals surface area contributed by atoms with E-state index in [-0.39, 0.29) is 28.8 Å². The number of amides is 1. The van der Waals surface area contributed by atoms with Crippen LogP contribution in [0, 0.1) is 6.92 Å². The highest BCUT2D eigenvalue weighted by Gasteiger charge is 2.41. The van der Waals surface area contributed by atoms with Gasteiger partial charge in [-0.25, -0.2) is 18.4 Å². The molecule has 3 aromatic rings. The van der Waals surface area contributed by atoms with Gasteiger partial charge in [-0.1, -0.05) is 25.1 Å². The lowest BCUT2D eigenvalue weighted by atomic mass is 9.68. The summed E-state index contributed by atoms with van der Waals surface area (Å²) in [5.41, 5.74) is 2.81. The molecule has 1 unspecified atom stereocenters. The minimum absolute atomic E-state index is 0.0132. The van der Waals surface area contributed by atoms with Crippen molar-refractivity contribution in [3.63, 3.8) is 0 Å². The van der Waals surface area contributed by atoms with Crippen LogP contribution in [0.2, 0.25) is 0 Å². The summed E-state index contributed by atoms with van der Waals surface area (Å²) in [5.74, 6) is 0.620. The van der Waals surface area contributed by atoms with Crippen LogP contribution in [0.5, 0.6) is 5.88 Å². The maximum atomic E-state index is 13.6. The number of carbonyl (C=O) groups excluding carboxylic acids is 2. The number of aryl methyl sites for hydroxylation is 2. The largest absolute Gasteiger partial charge is 0.481 e. The highest BCUT2D eigenvalue weighted by Crippen LogP contribution is 2.39. The van der Waals surface area contributed by atoms with Crippen molar-refractivity contribution in [1.29, 1.82) is 0 Å². The lowest BCUT2D eigenvalue weighted by Gasteiger charge is -2.34. The summed E-state index contributed by atoms with van der Waals surface area (Å²) in [6, 6.07) is 11.7. The standard InChI is InChI=1S/C27H29N3O5S/c1-5-36(33,34)20-9-6-18(7-10-20)15-23(31)30-22-14-17(2)25-21(29-22)12-13-27(3,26(25)32)19-8-11-24(35-4)28-16-19/h6-11,14,16H,5,12-13,15H2,1-4H3,(H,29,30,31). The average molecular weight is 508 g/mol. The molecule has 1 aromatic carbocycles. The molecule has 0 fully saturated rings. The number of fused-ring (bicyclic) bond motifs is 1. The van der Waals surface area contributed by atoms with Gasteiger partial charge >= 0.3 is 0 Å². The van der Waals surface area contributed by atoms with Crippen molar-refractivity contribution < 1.29 is 22.7 Å². The van der Waals surface area contributed by atoms with E-state index in [4.69, 9.17) is 4.74 Å². The minimum Gasteiger partial charge on any atom is -0.481 e. The predicted molar refractivity (Wildman–Crippen MR) is 136 cm³/mol. The van der Waals surface area contributed by atoms with Crippen LogP contribution in [0.25, 0.3) is 0 Å². The first-order valence-electron chi connectivity index (χ1n) is 11.7. The molecule has 0 radical (unpaired) electrons. The molecule has 0 saturated carbocycles. The summed E-state index contributed by atoms with van der Waals surface area (Å²) < 4.78 is 29.1. The number of Topliss-reactive ketones (excluding diaryl/α,β-unsaturated/α-hetero) is 1. The van der Waals surface area contributed by atoms with Gasteiger partial charge in [0.1, 0.15) is 5.82 Å². The third kappa shape index (κ3) is 4.88. The van der Waals surface area contributed by atoms with Gasteiger partial charge in [0.05, 0.1) is 35.3 Å². The maximum absolute atomic E-state index is 13.6. The Hall–Kier alpha value is -3.59. The number of carbonyl (C=O) groups is 2. The van der Waals surface area contributed by atoms with Gasteiger partial charge in [0.2, 0.25) is 11.8 Å². The molecule has 1 atom stereocenters. The van der Waals surface area contributed by atoms with E-state index in [9.17, 15) is 18.0 Å². The van der Waals surface area contributed by atoms with Crippen molar-refractivity contribution in [3.05, 3.63) is 76.6 Å². The number of nitrogens with zero attached hydrogens (tertiary/aromatic N) is 2. The molecule has 0 aliphatic heterocycles. The Kier molecular flexibility index (Phi) is 6.95. The minimum atomic E-state index is -3.29. The second kappa shape index (κ2) is 9.81. The number of anilines is 1. The summed E-state index contributed by atoms with van der Waals surface area (Å²) in [6.45, 7) is 5.36. The first-order chi connectivity index (χ1) is 17.1. The van der Waals surface area contributed by atoms with E-state index < -0.39 is 15.3 Å². The van der Waals surface area contributed by atoms with Gasteiger partial charge in [-0.15, -0.1) is 0 Å². The molecular weight excluding hydrogens is 478 g/mol. The number of ether oxygens (including phenoxy) is 1. The van der Waals surface area contributed by atoms with E-state index in [0.29, 0.717) is 41.4 Å². The molecule has 1 aliphatic rings. The van der Waals surface area contributed by atoms with Gasteiger partial charge in [0.15, 0.2) is 15.6 Å². The maximum Gasteiger partial charge on any atom is 0.229 e. The molecule has 188 valence electrons. The van der Waals surface area contributed by atoms with E-state index >= 15 is 0 Å². The summed E-state index contributed by atoms with van der Waals surface area (Å²) in [6.07, 6.45) is 2.92. The zero-order chi connectivity index (χ0) is 26.1. The Morgan fingerprint density at radius 1 is 1.17 bits per heavy atom. The van der Waals surface area contributed by atoms with Crippen molar-refractivity contribution in [2.45, 2.75) is 50.3 Å². The number of aromatic nitrogens is 2. The molecule has 36 heavy (non-hydrogen) atoms. The molecule has 0 bridgehead atoms. The van der Waals surface area contributed by atoms with Crippen molar-refractivity contribution in [3.8, 4) is 5.88 Å². The second-order valence-electron chi connectivity index (χ2n) is 9.17. The summed E-state index contributed by atoms with van der Waals surface area (Å²) in [5, 5.41) is 2.81. The van der Waals surface area contributed by atoms with Gasteiger partial charge in [-0.2, -0.15) is 0 Å². The first-order valence-corrected chi connectivity index (χ1v) is 13.4. The summed E-state index contributed by atoms with van der Waals surface area (Å²) >= 11 is 0. The smallest absolute Gasteiger partial charge is 0.229 e. The molecule has 4 rings (SSSR count). The van der Waals surface area contributed by atoms with E-state index in [1.54, 1.807) is 44.5 Å². The van der Waals surface area contributed by atoms with Gasteiger partial charge in [-0.05, 0) is 61.6 Å². The van der Waals surface area contributed by atoms with E-state index in [0.717, 1.165) is 11.1 Å². The van der Waals surface area contributed by atoms with Crippen LogP contribution < -0.4 is 10.1 Å². The number of hydrogen-bond acceptors (Lipinski definition) is 7. The van der Waals surface area contributed by atoms with Crippen LogP contribution in [-0.4, -0.2) is 42.9 Å². The second-order valence-corrected chi connectivity index (χ2v) is 11.4. The number of nitrogens with one attached hydrogen (secondary N) is 1. The fourth-order valence-electron chi connectivity index (χ4n) is 4.51. The number of benzene rings is 1. The molecule has 2 heterocycles. The van der Waals surface area contributed by atoms with Crippen molar-refractivity contribution in [1.82, 2.24) is 9.97 Å². The number of pyridine rings is 2. The molecule has 1 N–H and O–H groups in total. The molecule has 2 aromatic heterocycles. The Bertz CT molecular complexity index is 1420. The normalized spacial score (nSPS) is 17.4. The van der Waals surface area contributed by atoms with Gasteiger partial charge in [0, 0.05) is 17.8 Å². The quantitative estimate of drug-likeness (QED) is 0.516. The van der Waals surface area contributed by atoms with Gasteiger partial charge in [-0.3, -0.25) is 9.59 Å². The van der Waals surface area contributed by atoms with E-state index in [1.807, 2.05) is 19.9 Å².